The maximum absolute atomic E-state index is 12.3. The molecule has 0 bridgehead atoms. The molecule has 3 N–H and O–H groups in total. The van der Waals surface area contributed by atoms with Crippen LogP contribution in [0.2, 0.25) is 0 Å². The van der Waals surface area contributed by atoms with E-state index >= 15 is 0 Å². The molecule has 2 fully saturated rings. The highest BCUT2D eigenvalue weighted by atomic mass is 16.4. The van der Waals surface area contributed by atoms with E-state index in [4.69, 9.17) is 5.11 Å². The van der Waals surface area contributed by atoms with E-state index in [0.29, 0.717) is 11.8 Å². The van der Waals surface area contributed by atoms with Crippen LogP contribution in [0.15, 0.2) is 24.3 Å². The molecule has 26 heavy (non-hydrogen) atoms. The van der Waals surface area contributed by atoms with Gasteiger partial charge in [0, 0.05) is 24.3 Å². The minimum Gasteiger partial charge on any atom is -0.480 e. The van der Waals surface area contributed by atoms with Crippen molar-refractivity contribution >= 4 is 17.7 Å². The Bertz CT molecular complexity index is 651. The van der Waals surface area contributed by atoms with Gasteiger partial charge in [0.25, 0.3) is 0 Å². The molecular weight excluding hydrogens is 330 g/mol. The molecule has 3 rings (SSSR count). The number of carboxylic acid groups (broad SMARTS) is 1. The fourth-order valence-corrected chi connectivity index (χ4v) is 3.61. The van der Waals surface area contributed by atoms with Gasteiger partial charge in [-0.25, -0.2) is 4.79 Å². The summed E-state index contributed by atoms with van der Waals surface area (Å²) in [5, 5.41) is 15.1. The molecular formula is C20H29N3O3. The van der Waals surface area contributed by atoms with Crippen LogP contribution in [0.25, 0.3) is 0 Å². The number of hydrogen-bond acceptors (Lipinski definition) is 3. The molecule has 1 aromatic carbocycles. The summed E-state index contributed by atoms with van der Waals surface area (Å²) in [6.45, 7) is 5.18. The van der Waals surface area contributed by atoms with E-state index in [-0.39, 0.29) is 24.7 Å². The van der Waals surface area contributed by atoms with E-state index in [1.807, 2.05) is 24.3 Å². The molecule has 1 aromatic rings. The molecule has 2 amide bonds. The SMILES string of the molecule is CC(C)c1ccccc1NC(=O)NC1CC(N(CC(=O)O)CC2CC2)C1. The van der Waals surface area contributed by atoms with Gasteiger partial charge in [0.1, 0.15) is 0 Å². The largest absolute Gasteiger partial charge is 0.480 e. The summed E-state index contributed by atoms with van der Waals surface area (Å²) in [5.74, 6) is 0.230. The molecule has 0 aliphatic heterocycles. The first-order valence-electron chi connectivity index (χ1n) is 9.54. The number of anilines is 1. The number of aliphatic carboxylic acids is 1. The van der Waals surface area contributed by atoms with Crippen molar-refractivity contribution in [3.63, 3.8) is 0 Å². The molecule has 0 unspecified atom stereocenters. The number of amides is 2. The van der Waals surface area contributed by atoms with Crippen molar-refractivity contribution in [1.29, 1.82) is 0 Å². The van der Waals surface area contributed by atoms with Crippen molar-refractivity contribution in [2.45, 2.75) is 57.5 Å². The van der Waals surface area contributed by atoms with E-state index in [1.54, 1.807) is 0 Å². The zero-order chi connectivity index (χ0) is 18.7. The van der Waals surface area contributed by atoms with Gasteiger partial charge in [0.15, 0.2) is 0 Å². The van der Waals surface area contributed by atoms with Crippen molar-refractivity contribution in [1.82, 2.24) is 10.2 Å². The lowest BCUT2D eigenvalue weighted by Crippen LogP contribution is -2.55. The van der Waals surface area contributed by atoms with Crippen LogP contribution in [0.4, 0.5) is 10.5 Å². The Labute approximate surface area is 155 Å². The zero-order valence-corrected chi connectivity index (χ0v) is 15.6. The Balaban J connectivity index is 1.47. The number of hydrogen-bond donors (Lipinski definition) is 3. The van der Waals surface area contributed by atoms with Gasteiger partial charge in [-0.2, -0.15) is 0 Å². The maximum Gasteiger partial charge on any atom is 0.319 e. The number of carboxylic acids is 1. The van der Waals surface area contributed by atoms with Gasteiger partial charge < -0.3 is 15.7 Å². The summed E-state index contributed by atoms with van der Waals surface area (Å²) in [7, 11) is 0. The molecule has 0 heterocycles. The number of para-hydroxylation sites is 1. The van der Waals surface area contributed by atoms with Crippen molar-refractivity contribution in [2.75, 3.05) is 18.4 Å². The molecule has 6 heteroatoms. The normalized spacial score (nSPS) is 22.2. The summed E-state index contributed by atoms with van der Waals surface area (Å²) in [6.07, 6.45) is 4.06. The minimum atomic E-state index is -0.773. The van der Waals surface area contributed by atoms with Crippen molar-refractivity contribution in [2.24, 2.45) is 5.92 Å². The standard InChI is InChI=1S/C20H29N3O3/c1-13(2)17-5-3-4-6-18(17)22-20(26)21-15-9-16(10-15)23(12-19(24)25)11-14-7-8-14/h3-6,13-16H,7-12H2,1-2H3,(H,24,25)(H2,21,22,26). The zero-order valence-electron chi connectivity index (χ0n) is 15.6. The third kappa shape index (κ3) is 4.97. The van der Waals surface area contributed by atoms with Crippen LogP contribution in [0.1, 0.15) is 51.0 Å². The number of benzene rings is 1. The third-order valence-corrected chi connectivity index (χ3v) is 5.32. The molecule has 142 valence electrons. The van der Waals surface area contributed by atoms with Crippen LogP contribution in [0.3, 0.4) is 0 Å². The molecule has 2 aliphatic carbocycles. The number of nitrogens with zero attached hydrogens (tertiary/aromatic N) is 1. The molecule has 6 nitrogen and oxygen atoms in total. The Morgan fingerprint density at radius 1 is 1.23 bits per heavy atom. The Hall–Kier alpha value is -2.08. The maximum atomic E-state index is 12.3. The van der Waals surface area contributed by atoms with Gasteiger partial charge in [0.05, 0.1) is 6.54 Å². The first-order valence-corrected chi connectivity index (χ1v) is 9.54. The predicted molar refractivity (Wildman–Crippen MR) is 101 cm³/mol. The van der Waals surface area contributed by atoms with Gasteiger partial charge >= 0.3 is 12.0 Å². The number of urea groups is 1. The van der Waals surface area contributed by atoms with E-state index in [9.17, 15) is 9.59 Å². The lowest BCUT2D eigenvalue weighted by molar-refractivity contribution is -0.139. The lowest BCUT2D eigenvalue weighted by Gasteiger charge is -2.42. The molecule has 0 radical (unpaired) electrons. The average molecular weight is 359 g/mol. The fourth-order valence-electron chi connectivity index (χ4n) is 3.61. The molecule has 0 saturated heterocycles. The van der Waals surface area contributed by atoms with Crippen LogP contribution in [0.5, 0.6) is 0 Å². The first-order chi connectivity index (χ1) is 12.4. The average Bonchev–Trinajstić information content (AvgIpc) is 3.33. The van der Waals surface area contributed by atoms with Crippen molar-refractivity contribution in [3.8, 4) is 0 Å². The second kappa shape index (κ2) is 8.08. The van der Waals surface area contributed by atoms with Crippen molar-refractivity contribution in [3.05, 3.63) is 29.8 Å². The van der Waals surface area contributed by atoms with E-state index in [1.165, 1.54) is 12.8 Å². The summed E-state index contributed by atoms with van der Waals surface area (Å²) < 4.78 is 0. The highest BCUT2D eigenvalue weighted by Gasteiger charge is 2.37. The topological polar surface area (TPSA) is 81.7 Å². The highest BCUT2D eigenvalue weighted by molar-refractivity contribution is 5.90. The smallest absolute Gasteiger partial charge is 0.319 e. The van der Waals surface area contributed by atoms with Crippen LogP contribution in [0, 0.1) is 5.92 Å². The summed E-state index contributed by atoms with van der Waals surface area (Å²) >= 11 is 0. The van der Waals surface area contributed by atoms with Gasteiger partial charge in [-0.1, -0.05) is 32.0 Å². The van der Waals surface area contributed by atoms with Gasteiger partial charge in [-0.15, -0.1) is 0 Å². The second-order valence-corrected chi connectivity index (χ2v) is 7.93. The van der Waals surface area contributed by atoms with Crippen LogP contribution < -0.4 is 10.6 Å². The molecule has 0 atom stereocenters. The van der Waals surface area contributed by atoms with Gasteiger partial charge in [-0.05, 0) is 49.1 Å². The number of rotatable bonds is 8. The number of nitrogens with one attached hydrogen (secondary N) is 2. The Kier molecular flexibility index (Phi) is 5.81. The fraction of sp³-hybridized carbons (Fsp3) is 0.600. The first kappa shape index (κ1) is 18.7. The highest BCUT2D eigenvalue weighted by Crippen LogP contribution is 2.33. The van der Waals surface area contributed by atoms with Crippen molar-refractivity contribution < 1.29 is 14.7 Å². The van der Waals surface area contributed by atoms with Crippen LogP contribution in [-0.4, -0.2) is 47.2 Å². The van der Waals surface area contributed by atoms with Gasteiger partial charge in [0.2, 0.25) is 0 Å². The lowest BCUT2D eigenvalue weighted by atomic mass is 9.85. The van der Waals surface area contributed by atoms with Crippen LogP contribution >= 0.6 is 0 Å². The predicted octanol–water partition coefficient (Wildman–Crippen LogP) is 3.26. The molecule has 0 spiro atoms. The third-order valence-electron chi connectivity index (χ3n) is 5.32. The van der Waals surface area contributed by atoms with E-state index < -0.39 is 5.97 Å². The molecule has 0 aromatic heterocycles. The Morgan fingerprint density at radius 3 is 2.54 bits per heavy atom. The van der Waals surface area contributed by atoms with Crippen LogP contribution in [-0.2, 0) is 4.79 Å². The molecule has 2 saturated carbocycles. The number of carbonyl (C=O) groups excluding carboxylic acids is 1. The quantitative estimate of drug-likeness (QED) is 0.665. The summed E-state index contributed by atoms with van der Waals surface area (Å²) in [6, 6.07) is 8.04. The second-order valence-electron chi connectivity index (χ2n) is 7.93. The summed E-state index contributed by atoms with van der Waals surface area (Å²) in [5.41, 5.74) is 1.96. The summed E-state index contributed by atoms with van der Waals surface area (Å²) in [4.78, 5) is 25.5. The minimum absolute atomic E-state index is 0.0991. The number of carbonyl (C=O) groups is 2. The van der Waals surface area contributed by atoms with E-state index in [2.05, 4.69) is 29.4 Å². The molecule has 2 aliphatic rings. The van der Waals surface area contributed by atoms with E-state index in [0.717, 1.165) is 30.6 Å². The Morgan fingerprint density at radius 2 is 1.92 bits per heavy atom. The monoisotopic (exact) mass is 359 g/mol. The van der Waals surface area contributed by atoms with Gasteiger partial charge in [-0.3, -0.25) is 9.69 Å².